The molecule has 31 heavy (non-hydrogen) atoms. The van der Waals surface area contributed by atoms with Crippen molar-refractivity contribution < 1.29 is 18.1 Å². The molecule has 1 aliphatic heterocycles. The highest BCUT2D eigenvalue weighted by atomic mass is 35.5. The van der Waals surface area contributed by atoms with E-state index in [0.717, 1.165) is 30.4 Å². The minimum Gasteiger partial charge on any atom is -0.320 e. The number of anilines is 4. The van der Waals surface area contributed by atoms with Crippen molar-refractivity contribution in [3.63, 3.8) is 0 Å². The number of halogens is 4. The molecule has 2 aromatic heterocycles. The summed E-state index contributed by atoms with van der Waals surface area (Å²) >= 11 is 5.92. The van der Waals surface area contributed by atoms with Crippen molar-refractivity contribution >= 4 is 40.4 Å². The number of aryl methyl sites for hydroxylation is 1. The first-order valence-corrected chi connectivity index (χ1v) is 9.48. The fourth-order valence-corrected chi connectivity index (χ4v) is 3.59. The van der Waals surface area contributed by atoms with Gasteiger partial charge in [-0.1, -0.05) is 29.8 Å². The number of alkyl halides is 3. The Balaban J connectivity index is 1.76. The lowest BCUT2D eigenvalue weighted by molar-refractivity contribution is -0.383. The molecule has 0 atom stereocenters. The number of hydrogen-bond acceptors (Lipinski definition) is 7. The van der Waals surface area contributed by atoms with E-state index in [-0.39, 0.29) is 22.5 Å². The van der Waals surface area contributed by atoms with Crippen molar-refractivity contribution in [3.05, 3.63) is 69.1 Å². The predicted molar refractivity (Wildman–Crippen MR) is 108 cm³/mol. The summed E-state index contributed by atoms with van der Waals surface area (Å²) in [4.78, 5) is 24.7. The van der Waals surface area contributed by atoms with Crippen LogP contribution in [0, 0.1) is 10.1 Å². The van der Waals surface area contributed by atoms with Crippen LogP contribution in [-0.2, 0) is 12.6 Å². The van der Waals surface area contributed by atoms with Gasteiger partial charge in [0.15, 0.2) is 5.82 Å². The van der Waals surface area contributed by atoms with Gasteiger partial charge >= 0.3 is 11.9 Å². The zero-order valence-corrected chi connectivity index (χ0v) is 16.5. The minimum absolute atomic E-state index is 0.0673. The predicted octanol–water partition coefficient (Wildman–Crippen LogP) is 5.28. The van der Waals surface area contributed by atoms with Gasteiger partial charge in [0.05, 0.1) is 15.5 Å². The van der Waals surface area contributed by atoms with E-state index in [0.29, 0.717) is 18.8 Å². The van der Waals surface area contributed by atoms with Crippen LogP contribution in [0.4, 0.5) is 42.0 Å². The first-order valence-electron chi connectivity index (χ1n) is 9.10. The van der Waals surface area contributed by atoms with E-state index in [9.17, 15) is 23.3 Å². The number of nitrogens with zero attached hydrogens (tertiary/aromatic N) is 5. The number of nitro groups is 1. The van der Waals surface area contributed by atoms with Crippen molar-refractivity contribution in [2.75, 3.05) is 16.8 Å². The molecule has 8 nitrogen and oxygen atoms in total. The summed E-state index contributed by atoms with van der Waals surface area (Å²) in [7, 11) is 0. The Kier molecular flexibility index (Phi) is 5.36. The third-order valence-electron chi connectivity index (χ3n) is 4.76. The number of fused-ring (bicyclic) bond motifs is 1. The molecule has 0 saturated carbocycles. The Morgan fingerprint density at radius 2 is 1.94 bits per heavy atom. The van der Waals surface area contributed by atoms with Crippen molar-refractivity contribution in [3.8, 4) is 0 Å². The van der Waals surface area contributed by atoms with Gasteiger partial charge in [-0.2, -0.15) is 13.2 Å². The molecule has 0 bridgehead atoms. The second-order valence-electron chi connectivity index (χ2n) is 6.71. The highest BCUT2D eigenvalue weighted by molar-refractivity contribution is 6.33. The summed E-state index contributed by atoms with van der Waals surface area (Å²) in [5.41, 5.74) is 0.360. The van der Waals surface area contributed by atoms with E-state index >= 15 is 0 Å². The van der Waals surface area contributed by atoms with Crippen molar-refractivity contribution in [2.24, 2.45) is 0 Å². The van der Waals surface area contributed by atoms with Gasteiger partial charge < -0.3 is 10.2 Å². The number of para-hydroxylation sites is 1. The fourth-order valence-electron chi connectivity index (χ4n) is 3.38. The van der Waals surface area contributed by atoms with Crippen LogP contribution in [0.1, 0.15) is 17.5 Å². The molecule has 12 heteroatoms. The van der Waals surface area contributed by atoms with Gasteiger partial charge in [0.25, 0.3) is 0 Å². The van der Waals surface area contributed by atoms with Crippen LogP contribution >= 0.6 is 11.6 Å². The van der Waals surface area contributed by atoms with E-state index in [1.54, 1.807) is 4.90 Å². The van der Waals surface area contributed by atoms with Gasteiger partial charge in [-0.15, -0.1) is 0 Å². The molecule has 0 radical (unpaired) electrons. The average molecular weight is 451 g/mol. The molecule has 3 aromatic rings. The molecular formula is C19H14ClF3N6O2. The Morgan fingerprint density at radius 1 is 1.16 bits per heavy atom. The molecule has 1 N–H and O–H groups in total. The van der Waals surface area contributed by atoms with Gasteiger partial charge in [0.1, 0.15) is 6.33 Å². The zero-order chi connectivity index (χ0) is 22.2. The van der Waals surface area contributed by atoms with Crippen LogP contribution in [0.3, 0.4) is 0 Å². The number of hydrogen-bond donors (Lipinski definition) is 1. The summed E-state index contributed by atoms with van der Waals surface area (Å²) < 4.78 is 38.5. The fraction of sp³-hybridized carbons (Fsp3) is 0.211. The smallest absolute Gasteiger partial charge is 0.320 e. The normalized spacial score (nSPS) is 13.6. The molecule has 3 heterocycles. The average Bonchev–Trinajstić information content (AvgIpc) is 2.73. The topological polar surface area (TPSA) is 97.1 Å². The Bertz CT molecular complexity index is 1160. The first kappa shape index (κ1) is 20.8. The van der Waals surface area contributed by atoms with E-state index < -0.39 is 22.4 Å². The van der Waals surface area contributed by atoms with Gasteiger partial charge in [0, 0.05) is 18.4 Å². The molecule has 0 aliphatic carbocycles. The maximum Gasteiger partial charge on any atom is 0.417 e. The highest BCUT2D eigenvalue weighted by Crippen LogP contribution is 2.41. The third kappa shape index (κ3) is 4.08. The molecule has 1 aromatic carbocycles. The van der Waals surface area contributed by atoms with Crippen LogP contribution in [-0.4, -0.2) is 26.4 Å². The lowest BCUT2D eigenvalue weighted by atomic mass is 10.0. The van der Waals surface area contributed by atoms with Gasteiger partial charge in [-0.3, -0.25) is 10.1 Å². The maximum absolute atomic E-state index is 12.8. The Hall–Kier alpha value is -3.47. The molecule has 1 aliphatic rings. The summed E-state index contributed by atoms with van der Waals surface area (Å²) in [6.45, 7) is 0.508. The Morgan fingerprint density at radius 3 is 2.65 bits per heavy atom. The standard InChI is InChI=1S/C19H14ClF3N6O2/c20-13-8-12(19(21,22)23)9-24-16(13)27-17-15(29(30)31)18(26-10-25-17)28-7-3-5-11-4-1-2-6-14(11)28/h1-2,4,6,8-10H,3,5,7H2,(H,24,25,26,27). The molecule has 160 valence electrons. The van der Waals surface area contributed by atoms with Gasteiger partial charge in [0.2, 0.25) is 11.6 Å². The first-order chi connectivity index (χ1) is 14.8. The highest BCUT2D eigenvalue weighted by Gasteiger charge is 2.33. The number of rotatable bonds is 4. The quantitative estimate of drug-likeness (QED) is 0.426. The molecular weight excluding hydrogens is 437 g/mol. The second kappa shape index (κ2) is 7.99. The van der Waals surface area contributed by atoms with E-state index in [1.165, 1.54) is 0 Å². The van der Waals surface area contributed by atoms with Crippen molar-refractivity contribution in [1.29, 1.82) is 0 Å². The summed E-state index contributed by atoms with van der Waals surface area (Å²) in [5, 5.41) is 14.1. The zero-order valence-electron chi connectivity index (χ0n) is 15.7. The number of pyridine rings is 1. The SMILES string of the molecule is O=[N+]([O-])c1c(Nc2ncc(C(F)(F)F)cc2Cl)ncnc1N1CCCc2ccccc21. The molecule has 0 fully saturated rings. The third-order valence-corrected chi connectivity index (χ3v) is 5.04. The summed E-state index contributed by atoms with van der Waals surface area (Å²) in [5.74, 6) is -0.355. The van der Waals surface area contributed by atoms with Crippen LogP contribution in [0.25, 0.3) is 0 Å². The summed E-state index contributed by atoms with van der Waals surface area (Å²) in [6, 6.07) is 8.20. The Labute approximate surface area is 178 Å². The van der Waals surface area contributed by atoms with E-state index in [2.05, 4.69) is 20.3 Å². The summed E-state index contributed by atoms with van der Waals surface area (Å²) in [6.07, 6.45) is -1.29. The molecule has 0 amide bonds. The van der Waals surface area contributed by atoms with Crippen LogP contribution in [0.15, 0.2) is 42.9 Å². The monoisotopic (exact) mass is 450 g/mol. The number of benzene rings is 1. The van der Waals surface area contributed by atoms with Crippen LogP contribution in [0.5, 0.6) is 0 Å². The van der Waals surface area contributed by atoms with Crippen LogP contribution < -0.4 is 10.2 Å². The van der Waals surface area contributed by atoms with Gasteiger partial charge in [-0.25, -0.2) is 15.0 Å². The van der Waals surface area contributed by atoms with Crippen molar-refractivity contribution in [1.82, 2.24) is 15.0 Å². The largest absolute Gasteiger partial charge is 0.417 e. The van der Waals surface area contributed by atoms with E-state index in [1.807, 2.05) is 24.3 Å². The van der Waals surface area contributed by atoms with Crippen molar-refractivity contribution in [2.45, 2.75) is 19.0 Å². The maximum atomic E-state index is 12.8. The van der Waals surface area contributed by atoms with E-state index in [4.69, 9.17) is 11.6 Å². The molecule has 0 spiro atoms. The molecule has 0 unspecified atom stereocenters. The number of aromatic nitrogens is 3. The van der Waals surface area contributed by atoms with Gasteiger partial charge in [-0.05, 0) is 30.5 Å². The lowest BCUT2D eigenvalue weighted by Crippen LogP contribution is -2.26. The molecule has 4 rings (SSSR count). The number of nitrogens with one attached hydrogen (secondary N) is 1. The van der Waals surface area contributed by atoms with Crippen LogP contribution in [0.2, 0.25) is 5.02 Å². The molecule has 0 saturated heterocycles. The minimum atomic E-state index is -4.62. The second-order valence-corrected chi connectivity index (χ2v) is 7.12. The lowest BCUT2D eigenvalue weighted by Gasteiger charge is -2.30.